The lowest BCUT2D eigenvalue weighted by molar-refractivity contribution is -0.127. The minimum atomic E-state index is 0.199. The molecule has 86 valence electrons. The van der Waals surface area contributed by atoms with Gasteiger partial charge in [-0.2, -0.15) is 0 Å². The summed E-state index contributed by atoms with van der Waals surface area (Å²) in [6.45, 7) is 1.70. The quantitative estimate of drug-likeness (QED) is 0.659. The standard InChI is InChI=1S/C11H21N3O/c12-14-7-5-9(6-8-14)11(15)13-10-3-1-2-4-10/h9-10H,1-8,12H2,(H,13,15). The third kappa shape index (κ3) is 2.92. The van der Waals surface area contributed by atoms with Crippen LogP contribution in [0.3, 0.4) is 0 Å². The van der Waals surface area contributed by atoms with Gasteiger partial charge >= 0.3 is 0 Å². The van der Waals surface area contributed by atoms with Crippen molar-refractivity contribution in [2.45, 2.75) is 44.6 Å². The minimum Gasteiger partial charge on any atom is -0.353 e. The van der Waals surface area contributed by atoms with E-state index in [1.165, 1.54) is 25.7 Å². The first-order valence-electron chi connectivity index (χ1n) is 6.06. The van der Waals surface area contributed by atoms with Gasteiger partial charge in [0, 0.05) is 25.0 Å². The molecule has 1 saturated carbocycles. The van der Waals surface area contributed by atoms with Gasteiger partial charge in [0.25, 0.3) is 0 Å². The van der Waals surface area contributed by atoms with Crippen LogP contribution in [-0.4, -0.2) is 30.0 Å². The maximum absolute atomic E-state index is 11.9. The van der Waals surface area contributed by atoms with Crippen LogP contribution in [0.2, 0.25) is 0 Å². The Morgan fingerprint density at radius 1 is 1.13 bits per heavy atom. The molecule has 0 spiro atoms. The second-order valence-electron chi connectivity index (χ2n) is 4.80. The maximum atomic E-state index is 11.9. The first kappa shape index (κ1) is 10.9. The molecule has 1 amide bonds. The molecule has 1 aliphatic carbocycles. The highest BCUT2D eigenvalue weighted by atomic mass is 16.1. The molecule has 0 aromatic carbocycles. The predicted octanol–water partition coefficient (Wildman–Crippen LogP) is 0.631. The first-order valence-corrected chi connectivity index (χ1v) is 6.06. The Hall–Kier alpha value is -0.610. The van der Waals surface area contributed by atoms with Crippen molar-refractivity contribution >= 4 is 5.91 Å². The molecule has 0 aromatic heterocycles. The Labute approximate surface area is 91.2 Å². The summed E-state index contributed by atoms with van der Waals surface area (Å²) in [5, 5.41) is 4.97. The van der Waals surface area contributed by atoms with Crippen molar-refractivity contribution in [1.29, 1.82) is 0 Å². The van der Waals surface area contributed by atoms with Crippen LogP contribution in [0, 0.1) is 5.92 Å². The smallest absolute Gasteiger partial charge is 0.223 e. The number of carbonyl (C=O) groups excluding carboxylic acids is 1. The van der Waals surface area contributed by atoms with Crippen LogP contribution in [0.5, 0.6) is 0 Å². The molecule has 1 saturated heterocycles. The van der Waals surface area contributed by atoms with Crippen LogP contribution in [0.15, 0.2) is 0 Å². The van der Waals surface area contributed by atoms with Crippen molar-refractivity contribution in [2.24, 2.45) is 11.8 Å². The molecule has 4 nitrogen and oxygen atoms in total. The van der Waals surface area contributed by atoms with Crippen molar-refractivity contribution < 1.29 is 4.79 Å². The van der Waals surface area contributed by atoms with Gasteiger partial charge in [0.15, 0.2) is 0 Å². The fraction of sp³-hybridized carbons (Fsp3) is 0.909. The molecule has 1 aliphatic heterocycles. The summed E-state index contributed by atoms with van der Waals surface area (Å²) in [7, 11) is 0. The Morgan fingerprint density at radius 3 is 2.33 bits per heavy atom. The van der Waals surface area contributed by atoms with Crippen molar-refractivity contribution in [1.82, 2.24) is 10.3 Å². The Kier molecular flexibility index (Phi) is 3.59. The van der Waals surface area contributed by atoms with Crippen molar-refractivity contribution in [3.63, 3.8) is 0 Å². The largest absolute Gasteiger partial charge is 0.353 e. The average molecular weight is 211 g/mol. The topological polar surface area (TPSA) is 58.4 Å². The van der Waals surface area contributed by atoms with Gasteiger partial charge in [0.1, 0.15) is 0 Å². The summed E-state index contributed by atoms with van der Waals surface area (Å²) in [6, 6.07) is 0.452. The van der Waals surface area contributed by atoms with Gasteiger partial charge in [-0.15, -0.1) is 0 Å². The SMILES string of the molecule is NN1CCC(C(=O)NC2CCCC2)CC1. The van der Waals surface area contributed by atoms with Crippen LogP contribution in [-0.2, 0) is 4.79 Å². The Balaban J connectivity index is 1.75. The van der Waals surface area contributed by atoms with E-state index in [0.717, 1.165) is 25.9 Å². The van der Waals surface area contributed by atoms with Gasteiger partial charge in [-0.25, -0.2) is 5.01 Å². The zero-order valence-electron chi connectivity index (χ0n) is 9.24. The lowest BCUT2D eigenvalue weighted by Gasteiger charge is -2.28. The van der Waals surface area contributed by atoms with Crippen LogP contribution in [0.1, 0.15) is 38.5 Å². The molecule has 0 aromatic rings. The molecule has 2 aliphatic rings. The van der Waals surface area contributed by atoms with E-state index >= 15 is 0 Å². The molecule has 2 fully saturated rings. The monoisotopic (exact) mass is 211 g/mol. The van der Waals surface area contributed by atoms with E-state index in [1.54, 1.807) is 5.01 Å². The number of rotatable bonds is 2. The third-order valence-electron chi connectivity index (χ3n) is 3.60. The summed E-state index contributed by atoms with van der Waals surface area (Å²) < 4.78 is 0. The molecule has 0 radical (unpaired) electrons. The van der Waals surface area contributed by atoms with Gasteiger partial charge in [-0.3, -0.25) is 10.6 Å². The predicted molar refractivity (Wildman–Crippen MR) is 58.9 cm³/mol. The van der Waals surface area contributed by atoms with E-state index in [1.807, 2.05) is 0 Å². The summed E-state index contributed by atoms with van der Waals surface area (Å²) in [4.78, 5) is 11.9. The highest BCUT2D eigenvalue weighted by Crippen LogP contribution is 2.20. The molecule has 0 atom stereocenters. The molecular formula is C11H21N3O. The Bertz CT molecular complexity index is 218. The van der Waals surface area contributed by atoms with Gasteiger partial charge in [-0.1, -0.05) is 12.8 Å². The zero-order chi connectivity index (χ0) is 10.7. The van der Waals surface area contributed by atoms with Crippen molar-refractivity contribution in [3.05, 3.63) is 0 Å². The number of hydrogen-bond acceptors (Lipinski definition) is 3. The Morgan fingerprint density at radius 2 is 1.73 bits per heavy atom. The zero-order valence-corrected chi connectivity index (χ0v) is 9.24. The number of hydrazine groups is 1. The molecule has 2 rings (SSSR count). The number of piperidine rings is 1. The minimum absolute atomic E-state index is 0.199. The number of carbonyl (C=O) groups is 1. The fourth-order valence-electron chi connectivity index (χ4n) is 2.55. The van der Waals surface area contributed by atoms with E-state index in [-0.39, 0.29) is 11.8 Å². The summed E-state index contributed by atoms with van der Waals surface area (Å²) >= 11 is 0. The molecule has 3 N–H and O–H groups in total. The van der Waals surface area contributed by atoms with E-state index in [9.17, 15) is 4.79 Å². The summed E-state index contributed by atoms with van der Waals surface area (Å²) in [5.74, 6) is 6.12. The van der Waals surface area contributed by atoms with Crippen LogP contribution in [0.25, 0.3) is 0 Å². The first-order chi connectivity index (χ1) is 7.25. The normalized spacial score (nSPS) is 25.7. The molecular weight excluding hydrogens is 190 g/mol. The number of nitrogens with zero attached hydrogens (tertiary/aromatic N) is 1. The van der Waals surface area contributed by atoms with E-state index in [0.29, 0.717) is 6.04 Å². The molecule has 4 heteroatoms. The van der Waals surface area contributed by atoms with E-state index < -0.39 is 0 Å². The van der Waals surface area contributed by atoms with Crippen LogP contribution >= 0.6 is 0 Å². The van der Waals surface area contributed by atoms with E-state index in [4.69, 9.17) is 5.84 Å². The average Bonchev–Trinajstić information content (AvgIpc) is 2.71. The molecule has 0 bridgehead atoms. The van der Waals surface area contributed by atoms with Gasteiger partial charge < -0.3 is 5.32 Å². The van der Waals surface area contributed by atoms with Gasteiger partial charge in [0.2, 0.25) is 5.91 Å². The number of hydrogen-bond donors (Lipinski definition) is 2. The van der Waals surface area contributed by atoms with Gasteiger partial charge in [-0.05, 0) is 25.7 Å². The summed E-state index contributed by atoms with van der Waals surface area (Å²) in [6.07, 6.45) is 6.70. The molecule has 0 unspecified atom stereocenters. The molecule has 1 heterocycles. The highest BCUT2D eigenvalue weighted by molar-refractivity contribution is 5.79. The third-order valence-corrected chi connectivity index (χ3v) is 3.60. The van der Waals surface area contributed by atoms with E-state index in [2.05, 4.69) is 5.32 Å². The van der Waals surface area contributed by atoms with Crippen molar-refractivity contribution in [3.8, 4) is 0 Å². The maximum Gasteiger partial charge on any atom is 0.223 e. The fourth-order valence-corrected chi connectivity index (χ4v) is 2.55. The number of nitrogens with two attached hydrogens (primary N) is 1. The highest BCUT2D eigenvalue weighted by Gasteiger charge is 2.26. The van der Waals surface area contributed by atoms with Gasteiger partial charge in [0.05, 0.1) is 0 Å². The van der Waals surface area contributed by atoms with Crippen LogP contribution < -0.4 is 11.2 Å². The number of nitrogens with one attached hydrogen (secondary N) is 1. The lowest BCUT2D eigenvalue weighted by Crippen LogP contribution is -2.45. The van der Waals surface area contributed by atoms with Crippen LogP contribution in [0.4, 0.5) is 0 Å². The summed E-state index contributed by atoms with van der Waals surface area (Å²) in [5.41, 5.74) is 0. The van der Waals surface area contributed by atoms with Crippen molar-refractivity contribution in [2.75, 3.05) is 13.1 Å². The second-order valence-corrected chi connectivity index (χ2v) is 4.80. The second kappa shape index (κ2) is 4.94. The number of amides is 1. The molecule has 15 heavy (non-hydrogen) atoms. The lowest BCUT2D eigenvalue weighted by atomic mass is 9.96.